The highest BCUT2D eigenvalue weighted by molar-refractivity contribution is 7.12. The van der Waals surface area contributed by atoms with Crippen LogP contribution in [0.2, 0.25) is 0 Å². The molecule has 1 amide bonds. The zero-order chi connectivity index (χ0) is 13.9. The van der Waals surface area contributed by atoms with Gasteiger partial charge in [-0.15, -0.1) is 11.3 Å². The van der Waals surface area contributed by atoms with Crippen molar-refractivity contribution in [1.29, 1.82) is 0 Å². The third-order valence-corrected chi connectivity index (χ3v) is 4.61. The van der Waals surface area contributed by atoms with Crippen LogP contribution in [0.15, 0.2) is 11.4 Å². The first-order valence-electron chi connectivity index (χ1n) is 6.30. The molecule has 5 nitrogen and oxygen atoms in total. The van der Waals surface area contributed by atoms with Crippen LogP contribution in [0.3, 0.4) is 0 Å². The molecule has 1 aliphatic rings. The lowest BCUT2D eigenvalue weighted by Crippen LogP contribution is -2.40. The Morgan fingerprint density at radius 1 is 1.47 bits per heavy atom. The predicted molar refractivity (Wildman–Crippen MR) is 74.2 cm³/mol. The van der Waals surface area contributed by atoms with Crippen molar-refractivity contribution in [2.75, 3.05) is 19.0 Å². The van der Waals surface area contributed by atoms with Gasteiger partial charge in [-0.2, -0.15) is 0 Å². The number of hydrogen-bond acceptors (Lipinski definition) is 5. The average Bonchev–Trinajstić information content (AvgIpc) is 3.07. The minimum Gasteiger partial charge on any atom is -0.465 e. The van der Waals surface area contributed by atoms with Gasteiger partial charge in [-0.3, -0.25) is 4.79 Å². The quantitative estimate of drug-likeness (QED) is 0.827. The average molecular weight is 282 g/mol. The van der Waals surface area contributed by atoms with Crippen LogP contribution in [-0.2, 0) is 9.53 Å². The van der Waals surface area contributed by atoms with Gasteiger partial charge in [0.25, 0.3) is 0 Å². The van der Waals surface area contributed by atoms with Gasteiger partial charge in [0, 0.05) is 6.54 Å². The van der Waals surface area contributed by atoms with Crippen molar-refractivity contribution in [1.82, 2.24) is 0 Å². The zero-order valence-electron chi connectivity index (χ0n) is 10.9. The molecule has 3 N–H and O–H groups in total. The van der Waals surface area contributed by atoms with Gasteiger partial charge in [-0.25, -0.2) is 4.79 Å². The molecule has 0 radical (unpaired) electrons. The van der Waals surface area contributed by atoms with E-state index in [1.165, 1.54) is 18.4 Å². The second-order valence-corrected chi connectivity index (χ2v) is 5.72. The summed E-state index contributed by atoms with van der Waals surface area (Å²) < 4.78 is 4.69. The molecule has 0 aliphatic heterocycles. The van der Waals surface area contributed by atoms with E-state index in [0.29, 0.717) is 17.1 Å². The molecule has 0 aromatic carbocycles. The van der Waals surface area contributed by atoms with Crippen LogP contribution < -0.4 is 11.1 Å². The van der Waals surface area contributed by atoms with E-state index >= 15 is 0 Å². The molecule has 1 aliphatic carbocycles. The van der Waals surface area contributed by atoms with E-state index in [9.17, 15) is 9.59 Å². The number of thiophene rings is 1. The first kappa shape index (κ1) is 14.0. The molecular weight excluding hydrogens is 264 g/mol. The minimum atomic E-state index is -0.477. The van der Waals surface area contributed by atoms with Gasteiger partial charge in [0.05, 0.1) is 18.2 Å². The van der Waals surface area contributed by atoms with E-state index in [0.717, 1.165) is 25.7 Å². The summed E-state index contributed by atoms with van der Waals surface area (Å²) in [4.78, 5) is 24.4. The lowest BCUT2D eigenvalue weighted by atomic mass is 9.85. The number of rotatable bonds is 4. The number of esters is 1. The Bertz CT molecular complexity index is 478. The lowest BCUT2D eigenvalue weighted by Gasteiger charge is -2.25. The monoisotopic (exact) mass is 282 g/mol. The molecule has 0 bridgehead atoms. The summed E-state index contributed by atoms with van der Waals surface area (Å²) in [6.45, 7) is 0.344. The highest BCUT2D eigenvalue weighted by Crippen LogP contribution is 2.38. The van der Waals surface area contributed by atoms with Crippen LogP contribution in [0.25, 0.3) is 0 Å². The number of ether oxygens (including phenoxy) is 1. The third kappa shape index (κ3) is 2.64. The number of methoxy groups -OCH3 is 1. The Morgan fingerprint density at radius 2 is 2.16 bits per heavy atom. The van der Waals surface area contributed by atoms with Crippen LogP contribution in [0.5, 0.6) is 0 Å². The molecule has 0 unspecified atom stereocenters. The summed E-state index contributed by atoms with van der Waals surface area (Å²) in [6, 6.07) is 1.72. The highest BCUT2D eigenvalue weighted by Gasteiger charge is 2.40. The van der Waals surface area contributed by atoms with Crippen LogP contribution in [0.4, 0.5) is 5.69 Å². The van der Waals surface area contributed by atoms with Crippen molar-refractivity contribution in [3.05, 3.63) is 16.3 Å². The van der Waals surface area contributed by atoms with Crippen LogP contribution in [0, 0.1) is 5.41 Å². The number of nitrogens with two attached hydrogens (primary N) is 1. The number of anilines is 1. The fraction of sp³-hybridized carbons (Fsp3) is 0.538. The van der Waals surface area contributed by atoms with Crippen LogP contribution >= 0.6 is 11.3 Å². The fourth-order valence-corrected chi connectivity index (χ4v) is 3.25. The summed E-state index contributed by atoms with van der Waals surface area (Å²) in [5.74, 6) is -0.519. The number of amides is 1. The maximum Gasteiger partial charge on any atom is 0.350 e. The number of hydrogen-bond donors (Lipinski definition) is 2. The number of carbonyl (C=O) groups excluding carboxylic acids is 2. The molecule has 1 fully saturated rings. The van der Waals surface area contributed by atoms with Crippen molar-refractivity contribution >= 4 is 28.9 Å². The van der Waals surface area contributed by atoms with Crippen molar-refractivity contribution < 1.29 is 14.3 Å². The second-order valence-electron chi connectivity index (χ2n) is 4.80. The summed E-state index contributed by atoms with van der Waals surface area (Å²) >= 11 is 1.25. The molecule has 0 saturated heterocycles. The summed E-state index contributed by atoms with van der Waals surface area (Å²) in [7, 11) is 1.33. The van der Waals surface area contributed by atoms with Gasteiger partial charge >= 0.3 is 5.97 Å². The van der Waals surface area contributed by atoms with E-state index in [-0.39, 0.29) is 5.91 Å². The summed E-state index contributed by atoms with van der Waals surface area (Å²) in [5.41, 5.74) is 5.81. The van der Waals surface area contributed by atoms with Crippen molar-refractivity contribution in [2.24, 2.45) is 11.1 Å². The van der Waals surface area contributed by atoms with Gasteiger partial charge in [-0.1, -0.05) is 12.8 Å². The topological polar surface area (TPSA) is 81.4 Å². The molecule has 2 rings (SSSR count). The summed E-state index contributed by atoms with van der Waals surface area (Å²) in [6.07, 6.45) is 3.68. The molecule has 104 valence electrons. The van der Waals surface area contributed by atoms with E-state index in [1.807, 2.05) is 0 Å². The molecule has 1 heterocycles. The maximum atomic E-state index is 12.4. The van der Waals surface area contributed by atoms with E-state index in [4.69, 9.17) is 5.73 Å². The molecule has 6 heteroatoms. The fourth-order valence-electron chi connectivity index (χ4n) is 2.49. The van der Waals surface area contributed by atoms with Gasteiger partial charge in [0.2, 0.25) is 5.91 Å². The molecule has 1 aromatic heterocycles. The second kappa shape index (κ2) is 5.71. The largest absolute Gasteiger partial charge is 0.465 e. The van der Waals surface area contributed by atoms with E-state index in [1.54, 1.807) is 11.4 Å². The van der Waals surface area contributed by atoms with Crippen molar-refractivity contribution in [3.8, 4) is 0 Å². The minimum absolute atomic E-state index is 0.0870. The molecular formula is C13H18N2O3S. The Morgan fingerprint density at radius 3 is 2.74 bits per heavy atom. The van der Waals surface area contributed by atoms with Crippen molar-refractivity contribution in [2.45, 2.75) is 25.7 Å². The van der Waals surface area contributed by atoms with Crippen LogP contribution in [-0.4, -0.2) is 25.5 Å². The van der Waals surface area contributed by atoms with E-state index in [2.05, 4.69) is 10.1 Å². The molecule has 1 saturated carbocycles. The third-order valence-electron chi connectivity index (χ3n) is 3.72. The Labute approximate surface area is 116 Å². The Kier molecular flexibility index (Phi) is 4.21. The highest BCUT2D eigenvalue weighted by atomic mass is 32.1. The Hall–Kier alpha value is -1.40. The molecule has 0 atom stereocenters. The summed E-state index contributed by atoms with van der Waals surface area (Å²) in [5, 5.41) is 4.59. The van der Waals surface area contributed by atoms with Gasteiger partial charge in [-0.05, 0) is 24.3 Å². The molecule has 19 heavy (non-hydrogen) atoms. The zero-order valence-corrected chi connectivity index (χ0v) is 11.7. The van der Waals surface area contributed by atoms with Crippen LogP contribution in [0.1, 0.15) is 35.4 Å². The SMILES string of the molecule is COC(=O)c1sccc1NC(=O)C1(CN)CCCC1. The Balaban J connectivity index is 2.15. The first-order chi connectivity index (χ1) is 9.13. The van der Waals surface area contributed by atoms with E-state index < -0.39 is 11.4 Å². The first-order valence-corrected chi connectivity index (χ1v) is 7.18. The maximum absolute atomic E-state index is 12.4. The van der Waals surface area contributed by atoms with Gasteiger partial charge in [0.15, 0.2) is 0 Å². The van der Waals surface area contributed by atoms with Gasteiger partial charge < -0.3 is 15.8 Å². The van der Waals surface area contributed by atoms with Gasteiger partial charge in [0.1, 0.15) is 4.88 Å². The standard InChI is InChI=1S/C13H18N2O3S/c1-18-11(16)10-9(4-7-19-10)15-12(17)13(8-14)5-2-3-6-13/h4,7H,2-3,5-6,8,14H2,1H3,(H,15,17). The molecule has 0 spiro atoms. The molecule has 1 aromatic rings. The number of nitrogens with one attached hydrogen (secondary N) is 1. The predicted octanol–water partition coefficient (Wildman–Crippen LogP) is 1.99. The smallest absolute Gasteiger partial charge is 0.350 e. The lowest BCUT2D eigenvalue weighted by molar-refractivity contribution is -0.124. The number of carbonyl (C=O) groups is 2. The van der Waals surface area contributed by atoms with Crippen molar-refractivity contribution in [3.63, 3.8) is 0 Å². The normalized spacial score (nSPS) is 17.2.